The van der Waals surface area contributed by atoms with Gasteiger partial charge in [-0.05, 0) is 25.5 Å². The maximum absolute atomic E-state index is 12.5. The first kappa shape index (κ1) is 19.7. The standard InChI is InChI=1S/C23H20N4O2S/c1-12-7-9-14(10-8-12)11-17-26-13(2)21(30-17)19-18(22(24)28)15-5-3-4-6-16(15)27-20(19)23(25)29/h3-10H,11H2,1-2H3,(H2,24,28)(H2,25,29). The van der Waals surface area contributed by atoms with Crippen molar-refractivity contribution in [1.82, 2.24) is 9.97 Å². The van der Waals surface area contributed by atoms with E-state index in [0.29, 0.717) is 33.5 Å². The number of amides is 2. The smallest absolute Gasteiger partial charge is 0.268 e. The van der Waals surface area contributed by atoms with E-state index in [-0.39, 0.29) is 11.3 Å². The van der Waals surface area contributed by atoms with E-state index in [4.69, 9.17) is 11.5 Å². The molecular weight excluding hydrogens is 396 g/mol. The molecule has 4 rings (SSSR count). The van der Waals surface area contributed by atoms with E-state index >= 15 is 0 Å². The van der Waals surface area contributed by atoms with Crippen molar-refractivity contribution >= 4 is 34.1 Å². The third kappa shape index (κ3) is 3.55. The van der Waals surface area contributed by atoms with Crippen LogP contribution in [0.25, 0.3) is 21.3 Å². The first-order valence-corrected chi connectivity index (χ1v) is 10.2. The Morgan fingerprint density at radius 2 is 1.63 bits per heavy atom. The lowest BCUT2D eigenvalue weighted by atomic mass is 9.97. The van der Waals surface area contributed by atoms with Gasteiger partial charge in [-0.25, -0.2) is 9.97 Å². The number of primary amides is 2. The van der Waals surface area contributed by atoms with Crippen LogP contribution in [0, 0.1) is 13.8 Å². The van der Waals surface area contributed by atoms with Crippen LogP contribution in [0.3, 0.4) is 0 Å². The summed E-state index contributed by atoms with van der Waals surface area (Å²) >= 11 is 1.42. The van der Waals surface area contributed by atoms with Crippen LogP contribution < -0.4 is 11.5 Å². The van der Waals surface area contributed by atoms with Gasteiger partial charge in [0.15, 0.2) is 0 Å². The van der Waals surface area contributed by atoms with Gasteiger partial charge < -0.3 is 11.5 Å². The Balaban J connectivity index is 1.92. The van der Waals surface area contributed by atoms with E-state index in [0.717, 1.165) is 10.6 Å². The Morgan fingerprint density at radius 1 is 0.933 bits per heavy atom. The van der Waals surface area contributed by atoms with Gasteiger partial charge in [0.25, 0.3) is 5.91 Å². The lowest BCUT2D eigenvalue weighted by Crippen LogP contribution is -2.20. The number of fused-ring (bicyclic) bond motifs is 1. The summed E-state index contributed by atoms with van der Waals surface area (Å²) in [5.41, 5.74) is 15.5. The van der Waals surface area contributed by atoms with Gasteiger partial charge in [0.1, 0.15) is 5.69 Å². The average Bonchev–Trinajstić information content (AvgIpc) is 3.07. The highest BCUT2D eigenvalue weighted by molar-refractivity contribution is 7.15. The molecule has 0 radical (unpaired) electrons. The van der Waals surface area contributed by atoms with Crippen molar-refractivity contribution in [3.05, 3.63) is 81.6 Å². The van der Waals surface area contributed by atoms with Crippen LogP contribution in [0.1, 0.15) is 42.7 Å². The van der Waals surface area contributed by atoms with Crippen molar-refractivity contribution in [3.8, 4) is 10.4 Å². The Hall–Kier alpha value is -3.58. The summed E-state index contributed by atoms with van der Waals surface area (Å²) in [7, 11) is 0. The van der Waals surface area contributed by atoms with Crippen molar-refractivity contribution in [2.75, 3.05) is 0 Å². The summed E-state index contributed by atoms with van der Waals surface area (Å²) in [5, 5.41) is 1.45. The number of aromatic nitrogens is 2. The molecule has 0 aliphatic heterocycles. The third-order valence-electron chi connectivity index (χ3n) is 4.92. The molecule has 0 aliphatic rings. The molecule has 0 unspecified atom stereocenters. The maximum atomic E-state index is 12.5. The summed E-state index contributed by atoms with van der Waals surface area (Å²) < 4.78 is 0. The third-order valence-corrected chi connectivity index (χ3v) is 6.09. The molecule has 30 heavy (non-hydrogen) atoms. The van der Waals surface area contributed by atoms with Crippen LogP contribution in [0.4, 0.5) is 0 Å². The van der Waals surface area contributed by atoms with Crippen molar-refractivity contribution in [1.29, 1.82) is 0 Å². The highest BCUT2D eigenvalue weighted by Gasteiger charge is 2.26. The van der Waals surface area contributed by atoms with Gasteiger partial charge >= 0.3 is 0 Å². The molecule has 2 aromatic heterocycles. The normalized spacial score (nSPS) is 11.0. The molecule has 0 fully saturated rings. The number of rotatable bonds is 5. The molecule has 7 heteroatoms. The van der Waals surface area contributed by atoms with Gasteiger partial charge in [-0.15, -0.1) is 11.3 Å². The molecule has 150 valence electrons. The predicted octanol–water partition coefficient (Wildman–Crippen LogP) is 3.76. The lowest BCUT2D eigenvalue weighted by molar-refractivity contribution is 0.0996. The monoisotopic (exact) mass is 416 g/mol. The largest absolute Gasteiger partial charge is 0.366 e. The number of nitrogens with two attached hydrogens (primary N) is 2. The van der Waals surface area contributed by atoms with Crippen LogP contribution in [0.15, 0.2) is 48.5 Å². The quantitative estimate of drug-likeness (QED) is 0.516. The number of carbonyl (C=O) groups excluding carboxylic acids is 2. The highest BCUT2D eigenvalue weighted by Crippen LogP contribution is 2.38. The number of thiazole rings is 1. The van der Waals surface area contributed by atoms with E-state index in [1.165, 1.54) is 16.9 Å². The second-order valence-corrected chi connectivity index (χ2v) is 8.22. The van der Waals surface area contributed by atoms with Gasteiger partial charge in [-0.1, -0.05) is 48.0 Å². The van der Waals surface area contributed by atoms with Crippen molar-refractivity contribution < 1.29 is 9.59 Å². The maximum Gasteiger partial charge on any atom is 0.268 e. The molecule has 0 saturated carbocycles. The lowest BCUT2D eigenvalue weighted by Gasteiger charge is -2.13. The molecule has 2 aromatic carbocycles. The number of aryl methyl sites for hydroxylation is 2. The molecule has 0 saturated heterocycles. The zero-order valence-electron chi connectivity index (χ0n) is 16.6. The van der Waals surface area contributed by atoms with Gasteiger partial charge in [0, 0.05) is 17.4 Å². The Bertz CT molecular complexity index is 1290. The second kappa shape index (κ2) is 7.68. The molecule has 0 atom stereocenters. The van der Waals surface area contributed by atoms with Gasteiger partial charge in [0.05, 0.1) is 26.7 Å². The number of nitrogens with zero attached hydrogens (tertiary/aromatic N) is 2. The van der Waals surface area contributed by atoms with E-state index in [1.54, 1.807) is 24.3 Å². The number of pyridine rings is 1. The molecule has 4 N–H and O–H groups in total. The predicted molar refractivity (Wildman–Crippen MR) is 119 cm³/mol. The molecule has 4 aromatic rings. The fraction of sp³-hybridized carbons (Fsp3) is 0.130. The minimum Gasteiger partial charge on any atom is -0.366 e. The second-order valence-electron chi connectivity index (χ2n) is 7.14. The number of hydrogen-bond donors (Lipinski definition) is 2. The van der Waals surface area contributed by atoms with Gasteiger partial charge in [-0.2, -0.15) is 0 Å². The first-order chi connectivity index (χ1) is 14.3. The van der Waals surface area contributed by atoms with Crippen LogP contribution in [-0.4, -0.2) is 21.8 Å². The first-order valence-electron chi connectivity index (χ1n) is 9.39. The number of benzene rings is 2. The zero-order chi connectivity index (χ0) is 21.4. The van der Waals surface area contributed by atoms with Crippen molar-refractivity contribution in [3.63, 3.8) is 0 Å². The molecule has 6 nitrogen and oxygen atoms in total. The topological polar surface area (TPSA) is 112 Å². The van der Waals surface area contributed by atoms with Crippen LogP contribution >= 0.6 is 11.3 Å². The fourth-order valence-corrected chi connectivity index (χ4v) is 4.66. The molecule has 0 spiro atoms. The molecular formula is C23H20N4O2S. The van der Waals surface area contributed by atoms with Crippen LogP contribution in [0.5, 0.6) is 0 Å². The number of carbonyl (C=O) groups is 2. The van der Waals surface area contributed by atoms with Crippen LogP contribution in [-0.2, 0) is 6.42 Å². The van der Waals surface area contributed by atoms with Crippen LogP contribution in [0.2, 0.25) is 0 Å². The fourth-order valence-electron chi connectivity index (χ4n) is 3.51. The Labute approximate surface area is 177 Å². The van der Waals surface area contributed by atoms with Gasteiger partial charge in [-0.3, -0.25) is 9.59 Å². The van der Waals surface area contributed by atoms with Gasteiger partial charge in [0.2, 0.25) is 5.91 Å². The summed E-state index contributed by atoms with van der Waals surface area (Å²) in [5.74, 6) is -1.36. The van der Waals surface area contributed by atoms with E-state index in [2.05, 4.69) is 34.2 Å². The number of hydrogen-bond acceptors (Lipinski definition) is 5. The van der Waals surface area contributed by atoms with Crippen molar-refractivity contribution in [2.24, 2.45) is 11.5 Å². The molecule has 0 aliphatic carbocycles. The Kier molecular flexibility index (Phi) is 5.05. The average molecular weight is 417 g/mol. The summed E-state index contributed by atoms with van der Waals surface area (Å²) in [6, 6.07) is 15.3. The van der Waals surface area contributed by atoms with Crippen molar-refractivity contribution in [2.45, 2.75) is 20.3 Å². The zero-order valence-corrected chi connectivity index (χ0v) is 17.4. The molecule has 0 bridgehead atoms. The van der Waals surface area contributed by atoms with E-state index in [1.807, 2.05) is 13.8 Å². The van der Waals surface area contributed by atoms with E-state index < -0.39 is 11.8 Å². The SMILES string of the molecule is Cc1ccc(Cc2nc(C)c(-c3c(C(N)=O)nc4ccccc4c3C(N)=O)s2)cc1. The highest BCUT2D eigenvalue weighted by atomic mass is 32.1. The summed E-state index contributed by atoms with van der Waals surface area (Å²) in [6.07, 6.45) is 0.643. The summed E-state index contributed by atoms with van der Waals surface area (Å²) in [6.45, 7) is 3.88. The van der Waals surface area contributed by atoms with E-state index in [9.17, 15) is 9.59 Å². The molecule has 2 amide bonds. The molecule has 2 heterocycles. The number of para-hydroxylation sites is 1. The summed E-state index contributed by atoms with van der Waals surface area (Å²) in [4.78, 5) is 34.5. The Morgan fingerprint density at radius 3 is 2.30 bits per heavy atom. The minimum absolute atomic E-state index is 0.0242. The minimum atomic E-state index is -0.717.